The maximum atomic E-state index is 6.40. The lowest BCUT2D eigenvalue weighted by Crippen LogP contribution is -2.41. The van der Waals surface area contributed by atoms with Crippen molar-refractivity contribution in [1.29, 1.82) is 0 Å². The van der Waals surface area contributed by atoms with Gasteiger partial charge in [0.15, 0.2) is 0 Å². The molecule has 3 bridgehead atoms. The molecule has 0 saturated heterocycles. The Morgan fingerprint density at radius 3 is 1.71 bits per heavy atom. The molecule has 0 aliphatic heterocycles. The van der Waals surface area contributed by atoms with Gasteiger partial charge < -0.3 is 0 Å². The van der Waals surface area contributed by atoms with Crippen molar-refractivity contribution in [1.82, 2.24) is 0 Å². The first-order valence-corrected chi connectivity index (χ1v) is 9.99. The Morgan fingerprint density at radius 2 is 1.21 bits per heavy atom. The molecule has 0 N–H and O–H groups in total. The van der Waals surface area contributed by atoms with Crippen molar-refractivity contribution >= 4 is 23.2 Å². The number of fused-ring (bicyclic) bond motifs is 7. The van der Waals surface area contributed by atoms with Crippen LogP contribution in [0.15, 0.2) is 36.4 Å². The van der Waals surface area contributed by atoms with E-state index in [0.29, 0.717) is 17.3 Å². The predicted octanol–water partition coefficient (Wildman–Crippen LogP) is 7.05. The highest BCUT2D eigenvalue weighted by Crippen LogP contribution is 2.74. The van der Waals surface area contributed by atoms with Crippen LogP contribution >= 0.6 is 23.2 Å². The lowest BCUT2D eigenvalue weighted by molar-refractivity contribution is 0.00308. The van der Waals surface area contributed by atoms with Crippen LogP contribution in [-0.4, -0.2) is 0 Å². The quantitative estimate of drug-likeness (QED) is 0.475. The van der Waals surface area contributed by atoms with Crippen LogP contribution in [0.5, 0.6) is 0 Å². The Kier molecular flexibility index (Phi) is 2.72. The molecule has 24 heavy (non-hydrogen) atoms. The van der Waals surface area contributed by atoms with Crippen LogP contribution in [-0.2, 0) is 0 Å². The highest BCUT2D eigenvalue weighted by molar-refractivity contribution is 6.31. The number of hydrogen-bond acceptors (Lipinski definition) is 0. The lowest BCUT2D eigenvalue weighted by Gasteiger charge is -2.49. The molecule has 2 heteroatoms. The molecule has 2 aromatic carbocycles. The van der Waals surface area contributed by atoms with E-state index in [-0.39, 0.29) is 0 Å². The number of hydrogen-bond donors (Lipinski definition) is 0. The summed E-state index contributed by atoms with van der Waals surface area (Å²) in [5, 5.41) is 1.75. The molecule has 4 unspecified atom stereocenters. The summed E-state index contributed by atoms with van der Waals surface area (Å²) in [6.07, 6.45) is 6.97. The number of benzene rings is 2. The molecule has 2 aromatic rings. The summed E-state index contributed by atoms with van der Waals surface area (Å²) in [5.74, 6) is 3.28. The van der Waals surface area contributed by atoms with Crippen LogP contribution in [0, 0.1) is 17.3 Å². The third-order valence-corrected chi connectivity index (χ3v) is 8.25. The summed E-state index contributed by atoms with van der Waals surface area (Å²) in [6.45, 7) is 0. The standard InChI is InChI=1S/C22H20Cl2/c23-16-1-3-18-19-4-2-17(24)9-21(19)13-6-15-7-14-5-12(20(18)8-16)10-22(14,15)11-13/h1-4,8-9,12-15H,5-7,10-11H2. The van der Waals surface area contributed by atoms with E-state index in [1.165, 1.54) is 54.4 Å². The molecular weight excluding hydrogens is 335 g/mol. The van der Waals surface area contributed by atoms with Gasteiger partial charge in [-0.15, -0.1) is 0 Å². The molecule has 1 spiro atoms. The zero-order chi connectivity index (χ0) is 16.1. The molecule has 0 aromatic heterocycles. The average Bonchev–Trinajstić information content (AvgIpc) is 3.02. The topological polar surface area (TPSA) is 0 Å². The van der Waals surface area contributed by atoms with Gasteiger partial charge in [-0.25, -0.2) is 0 Å². The van der Waals surface area contributed by atoms with Crippen molar-refractivity contribution in [2.24, 2.45) is 17.3 Å². The van der Waals surface area contributed by atoms with E-state index >= 15 is 0 Å². The zero-order valence-electron chi connectivity index (χ0n) is 13.6. The van der Waals surface area contributed by atoms with Crippen molar-refractivity contribution in [2.45, 2.75) is 43.9 Å². The second-order valence-electron chi connectivity index (χ2n) is 8.60. The molecule has 0 nitrogen and oxygen atoms in total. The molecule has 0 heterocycles. The van der Waals surface area contributed by atoms with E-state index in [2.05, 4.69) is 36.4 Å². The minimum absolute atomic E-state index is 0.624. The normalized spacial score (nSPS) is 37.8. The third-order valence-electron chi connectivity index (χ3n) is 7.78. The van der Waals surface area contributed by atoms with E-state index in [4.69, 9.17) is 23.2 Å². The van der Waals surface area contributed by atoms with Crippen LogP contribution in [0.1, 0.15) is 55.1 Å². The Balaban J connectivity index is 1.66. The predicted molar refractivity (Wildman–Crippen MR) is 99.9 cm³/mol. The molecule has 4 atom stereocenters. The lowest BCUT2D eigenvalue weighted by atomic mass is 9.56. The Hall–Kier alpha value is -0.980. The van der Waals surface area contributed by atoms with Crippen molar-refractivity contribution in [3.63, 3.8) is 0 Å². The fourth-order valence-electron chi connectivity index (χ4n) is 6.88. The zero-order valence-corrected chi connectivity index (χ0v) is 15.1. The maximum absolute atomic E-state index is 6.40. The first kappa shape index (κ1) is 14.2. The molecule has 4 aliphatic rings. The Bertz CT molecular complexity index is 797. The smallest absolute Gasteiger partial charge is 0.0409 e. The van der Waals surface area contributed by atoms with Crippen molar-refractivity contribution in [2.75, 3.05) is 0 Å². The van der Waals surface area contributed by atoms with Crippen LogP contribution in [0.2, 0.25) is 10.0 Å². The highest BCUT2D eigenvalue weighted by atomic mass is 35.5. The minimum atomic E-state index is 0.624. The van der Waals surface area contributed by atoms with Gasteiger partial charge >= 0.3 is 0 Å². The van der Waals surface area contributed by atoms with Crippen molar-refractivity contribution in [3.8, 4) is 11.1 Å². The Labute approximate surface area is 153 Å². The van der Waals surface area contributed by atoms with Gasteiger partial charge in [0.05, 0.1) is 0 Å². The molecule has 122 valence electrons. The van der Waals surface area contributed by atoms with Gasteiger partial charge in [0, 0.05) is 10.0 Å². The maximum Gasteiger partial charge on any atom is 0.0409 e. The van der Waals surface area contributed by atoms with Crippen LogP contribution < -0.4 is 0 Å². The van der Waals surface area contributed by atoms with Crippen LogP contribution in [0.25, 0.3) is 11.1 Å². The number of halogens is 2. The van der Waals surface area contributed by atoms with Gasteiger partial charge in [0.2, 0.25) is 0 Å². The van der Waals surface area contributed by atoms with Gasteiger partial charge in [0.25, 0.3) is 0 Å². The van der Waals surface area contributed by atoms with Crippen LogP contribution in [0.4, 0.5) is 0 Å². The summed E-state index contributed by atoms with van der Waals surface area (Å²) < 4.78 is 0. The van der Waals surface area contributed by atoms with E-state index in [0.717, 1.165) is 21.9 Å². The third kappa shape index (κ3) is 1.67. The van der Waals surface area contributed by atoms with Crippen LogP contribution in [0.3, 0.4) is 0 Å². The average molecular weight is 355 g/mol. The van der Waals surface area contributed by atoms with E-state index in [1.54, 1.807) is 0 Å². The Morgan fingerprint density at radius 1 is 0.708 bits per heavy atom. The van der Waals surface area contributed by atoms with Gasteiger partial charge in [-0.3, -0.25) is 0 Å². The van der Waals surface area contributed by atoms with Crippen molar-refractivity contribution in [3.05, 3.63) is 57.6 Å². The summed E-state index contributed by atoms with van der Waals surface area (Å²) in [5.41, 5.74) is 6.40. The largest absolute Gasteiger partial charge is 0.0843 e. The van der Waals surface area contributed by atoms with Gasteiger partial charge in [-0.05, 0) is 108 Å². The van der Waals surface area contributed by atoms with Gasteiger partial charge in [-0.2, -0.15) is 0 Å². The number of rotatable bonds is 0. The molecule has 4 aliphatic carbocycles. The summed E-state index contributed by atoms with van der Waals surface area (Å²) >= 11 is 12.8. The SMILES string of the molecule is Clc1ccc2c(c1)C1CC3CC4CC(CC34C1)c1cc(Cl)ccc1-2. The van der Waals surface area contributed by atoms with Gasteiger partial charge in [0.1, 0.15) is 0 Å². The molecule has 3 saturated carbocycles. The fraction of sp³-hybridized carbons (Fsp3) is 0.455. The van der Waals surface area contributed by atoms with E-state index in [1.807, 2.05) is 0 Å². The van der Waals surface area contributed by atoms with E-state index in [9.17, 15) is 0 Å². The summed E-state index contributed by atoms with van der Waals surface area (Å²) in [6, 6.07) is 13.1. The summed E-state index contributed by atoms with van der Waals surface area (Å²) in [4.78, 5) is 0. The summed E-state index contributed by atoms with van der Waals surface area (Å²) in [7, 11) is 0. The first-order valence-electron chi connectivity index (χ1n) is 9.23. The second kappa shape index (κ2) is 4.59. The monoisotopic (exact) mass is 354 g/mol. The van der Waals surface area contributed by atoms with Crippen molar-refractivity contribution < 1.29 is 0 Å². The molecule has 6 rings (SSSR count). The minimum Gasteiger partial charge on any atom is -0.0843 e. The molecule has 0 radical (unpaired) electrons. The fourth-order valence-corrected chi connectivity index (χ4v) is 7.24. The van der Waals surface area contributed by atoms with Gasteiger partial charge in [-0.1, -0.05) is 35.3 Å². The second-order valence-corrected chi connectivity index (χ2v) is 9.47. The molecular formula is C22H20Cl2. The van der Waals surface area contributed by atoms with E-state index < -0.39 is 0 Å². The first-order chi connectivity index (χ1) is 11.6. The highest BCUT2D eigenvalue weighted by Gasteiger charge is 2.64. The molecule has 0 amide bonds. The molecule has 3 fully saturated rings.